The van der Waals surface area contributed by atoms with E-state index in [0.717, 1.165) is 16.2 Å². The molecule has 0 atom stereocenters. The van der Waals surface area contributed by atoms with Gasteiger partial charge in [0.2, 0.25) is 11.9 Å². The molecule has 1 aromatic carbocycles. The summed E-state index contributed by atoms with van der Waals surface area (Å²) in [4.78, 5) is 19.3. The van der Waals surface area contributed by atoms with E-state index >= 15 is 0 Å². The first-order valence-electron chi connectivity index (χ1n) is 5.74. The Kier molecular flexibility index (Phi) is 3.03. The standard InChI is InChI=1S/C11H12N8S/c12-5-1-2-6-7(3-5)16-11(15-6)20-4-8-17-9(13)19-10(14)18-8/h1-3H,4,12H2,(H,15,16)(H4,13,14,17,18,19). The highest BCUT2D eigenvalue weighted by atomic mass is 32.2. The predicted octanol–water partition coefficient (Wildman–Crippen LogP) is 0.787. The molecule has 3 rings (SSSR count). The van der Waals surface area contributed by atoms with Gasteiger partial charge in [0.05, 0.1) is 16.8 Å². The Morgan fingerprint density at radius 2 is 1.75 bits per heavy atom. The van der Waals surface area contributed by atoms with E-state index in [2.05, 4.69) is 24.9 Å². The quantitative estimate of drug-likeness (QED) is 0.408. The molecule has 2 heterocycles. The maximum absolute atomic E-state index is 5.72. The molecule has 0 radical (unpaired) electrons. The monoisotopic (exact) mass is 288 g/mol. The molecular formula is C11H12N8S. The van der Waals surface area contributed by atoms with Crippen LogP contribution in [0.2, 0.25) is 0 Å². The van der Waals surface area contributed by atoms with Crippen molar-refractivity contribution >= 4 is 40.4 Å². The second-order valence-electron chi connectivity index (χ2n) is 4.08. The van der Waals surface area contributed by atoms with E-state index in [-0.39, 0.29) is 11.9 Å². The number of anilines is 3. The zero-order valence-electron chi connectivity index (χ0n) is 10.4. The minimum atomic E-state index is 0.116. The van der Waals surface area contributed by atoms with Crippen molar-refractivity contribution in [2.24, 2.45) is 0 Å². The summed E-state index contributed by atoms with van der Waals surface area (Å²) >= 11 is 1.45. The summed E-state index contributed by atoms with van der Waals surface area (Å²) in [6.45, 7) is 0. The van der Waals surface area contributed by atoms with Gasteiger partial charge in [0, 0.05) is 5.69 Å². The highest BCUT2D eigenvalue weighted by Gasteiger charge is 2.07. The molecule has 102 valence electrons. The van der Waals surface area contributed by atoms with Crippen LogP contribution in [0.1, 0.15) is 5.82 Å². The summed E-state index contributed by atoms with van der Waals surface area (Å²) in [5.41, 5.74) is 19.2. The summed E-state index contributed by atoms with van der Waals surface area (Å²) in [6, 6.07) is 5.51. The molecule has 0 saturated carbocycles. The van der Waals surface area contributed by atoms with Gasteiger partial charge in [0.1, 0.15) is 5.82 Å². The number of rotatable bonds is 3. The lowest BCUT2D eigenvalue weighted by Crippen LogP contribution is -2.05. The number of benzene rings is 1. The largest absolute Gasteiger partial charge is 0.399 e. The molecule has 0 aliphatic carbocycles. The van der Waals surface area contributed by atoms with E-state index in [1.165, 1.54) is 11.8 Å². The molecule has 0 amide bonds. The van der Waals surface area contributed by atoms with Crippen molar-refractivity contribution < 1.29 is 0 Å². The van der Waals surface area contributed by atoms with Crippen LogP contribution in [0.15, 0.2) is 23.4 Å². The second-order valence-corrected chi connectivity index (χ2v) is 5.04. The van der Waals surface area contributed by atoms with Crippen molar-refractivity contribution in [3.05, 3.63) is 24.0 Å². The average molecular weight is 288 g/mol. The van der Waals surface area contributed by atoms with Gasteiger partial charge in [-0.1, -0.05) is 11.8 Å². The summed E-state index contributed by atoms with van der Waals surface area (Å²) in [5, 5.41) is 0.753. The van der Waals surface area contributed by atoms with Gasteiger partial charge in [-0.15, -0.1) is 0 Å². The lowest BCUT2D eigenvalue weighted by atomic mass is 10.3. The number of nitrogens with zero attached hydrogens (tertiary/aromatic N) is 4. The molecule has 0 fully saturated rings. The van der Waals surface area contributed by atoms with Crippen LogP contribution in [0.5, 0.6) is 0 Å². The highest BCUT2D eigenvalue weighted by Crippen LogP contribution is 2.23. The smallest absolute Gasteiger partial charge is 0.225 e. The van der Waals surface area contributed by atoms with Crippen molar-refractivity contribution in [3.63, 3.8) is 0 Å². The molecule has 2 aromatic heterocycles. The molecule has 7 N–H and O–H groups in total. The van der Waals surface area contributed by atoms with Crippen molar-refractivity contribution in [1.82, 2.24) is 24.9 Å². The van der Waals surface area contributed by atoms with Crippen LogP contribution in [0.4, 0.5) is 17.6 Å². The van der Waals surface area contributed by atoms with E-state index in [0.29, 0.717) is 17.3 Å². The first kappa shape index (κ1) is 12.5. The van der Waals surface area contributed by atoms with Crippen LogP contribution in [0, 0.1) is 0 Å². The number of aromatic amines is 1. The first-order valence-corrected chi connectivity index (χ1v) is 6.72. The van der Waals surface area contributed by atoms with E-state index < -0.39 is 0 Å². The third-order valence-corrected chi connectivity index (χ3v) is 3.41. The molecule has 9 heteroatoms. The maximum atomic E-state index is 5.72. The molecule has 0 bridgehead atoms. The number of fused-ring (bicyclic) bond motifs is 1. The predicted molar refractivity (Wildman–Crippen MR) is 78.7 cm³/mol. The van der Waals surface area contributed by atoms with Gasteiger partial charge in [-0.2, -0.15) is 15.0 Å². The van der Waals surface area contributed by atoms with Gasteiger partial charge in [-0.3, -0.25) is 0 Å². The second kappa shape index (κ2) is 4.85. The van der Waals surface area contributed by atoms with Gasteiger partial charge in [-0.25, -0.2) is 4.98 Å². The molecule has 0 spiro atoms. The number of aromatic nitrogens is 5. The Balaban J connectivity index is 1.79. The van der Waals surface area contributed by atoms with E-state index in [1.54, 1.807) is 0 Å². The fourth-order valence-corrected chi connectivity index (χ4v) is 2.47. The Bertz CT molecular complexity index is 748. The summed E-state index contributed by atoms with van der Waals surface area (Å²) < 4.78 is 0. The molecule has 20 heavy (non-hydrogen) atoms. The Labute approximate surface area is 118 Å². The molecule has 0 unspecified atom stereocenters. The van der Waals surface area contributed by atoms with Crippen LogP contribution in [-0.2, 0) is 5.75 Å². The Morgan fingerprint density at radius 3 is 2.50 bits per heavy atom. The molecule has 8 nitrogen and oxygen atoms in total. The van der Waals surface area contributed by atoms with Crippen molar-refractivity contribution in [1.29, 1.82) is 0 Å². The van der Waals surface area contributed by atoms with Crippen LogP contribution in [0.25, 0.3) is 11.0 Å². The highest BCUT2D eigenvalue weighted by molar-refractivity contribution is 7.98. The third-order valence-electron chi connectivity index (χ3n) is 2.54. The number of hydrogen-bond donors (Lipinski definition) is 4. The number of thioether (sulfide) groups is 1. The summed E-state index contributed by atoms with van der Waals surface area (Å²) in [5.74, 6) is 1.24. The van der Waals surface area contributed by atoms with Crippen LogP contribution in [-0.4, -0.2) is 24.9 Å². The average Bonchev–Trinajstić information content (AvgIpc) is 2.77. The SMILES string of the molecule is Nc1ccc2nc(SCc3nc(N)nc(N)n3)[nH]c2c1. The molecule has 3 aromatic rings. The van der Waals surface area contributed by atoms with Crippen LogP contribution >= 0.6 is 11.8 Å². The van der Waals surface area contributed by atoms with Gasteiger partial charge in [0.25, 0.3) is 0 Å². The fourth-order valence-electron chi connectivity index (χ4n) is 1.73. The number of imidazole rings is 1. The molecule has 0 aliphatic heterocycles. The molecular weight excluding hydrogens is 276 g/mol. The summed E-state index contributed by atoms with van der Waals surface area (Å²) in [6.07, 6.45) is 0. The maximum Gasteiger partial charge on any atom is 0.225 e. The van der Waals surface area contributed by atoms with E-state index in [4.69, 9.17) is 17.2 Å². The van der Waals surface area contributed by atoms with E-state index in [1.807, 2.05) is 18.2 Å². The number of nitrogens with one attached hydrogen (secondary N) is 1. The zero-order valence-corrected chi connectivity index (χ0v) is 11.2. The van der Waals surface area contributed by atoms with Gasteiger partial charge in [-0.05, 0) is 18.2 Å². The Hall–Kier alpha value is -2.55. The van der Waals surface area contributed by atoms with Crippen molar-refractivity contribution in [2.75, 3.05) is 17.2 Å². The van der Waals surface area contributed by atoms with E-state index in [9.17, 15) is 0 Å². The molecule has 0 aliphatic rings. The number of hydrogen-bond acceptors (Lipinski definition) is 8. The van der Waals surface area contributed by atoms with Gasteiger partial charge < -0.3 is 22.2 Å². The van der Waals surface area contributed by atoms with Crippen molar-refractivity contribution in [2.45, 2.75) is 10.9 Å². The normalized spacial score (nSPS) is 11.0. The first-order chi connectivity index (χ1) is 9.60. The lowest BCUT2D eigenvalue weighted by Gasteiger charge is -2.00. The third kappa shape index (κ3) is 2.57. The van der Waals surface area contributed by atoms with Crippen molar-refractivity contribution in [3.8, 4) is 0 Å². The lowest BCUT2D eigenvalue weighted by molar-refractivity contribution is 0.981. The number of nitrogens with two attached hydrogens (primary N) is 3. The topological polar surface area (TPSA) is 145 Å². The van der Waals surface area contributed by atoms with Gasteiger partial charge in [0.15, 0.2) is 5.16 Å². The molecule has 0 saturated heterocycles. The minimum absolute atomic E-state index is 0.116. The summed E-state index contributed by atoms with van der Waals surface area (Å²) in [7, 11) is 0. The van der Waals surface area contributed by atoms with Crippen LogP contribution in [0.3, 0.4) is 0 Å². The number of H-pyrrole nitrogens is 1. The van der Waals surface area contributed by atoms with Gasteiger partial charge >= 0.3 is 0 Å². The fraction of sp³-hybridized carbons (Fsp3) is 0.0909. The van der Waals surface area contributed by atoms with Crippen LogP contribution < -0.4 is 17.2 Å². The zero-order chi connectivity index (χ0) is 14.1. The number of nitrogen functional groups attached to an aromatic ring is 3. The Morgan fingerprint density at radius 1 is 1.00 bits per heavy atom. The minimum Gasteiger partial charge on any atom is -0.399 e.